The fourth-order valence-corrected chi connectivity index (χ4v) is 1.83. The summed E-state index contributed by atoms with van der Waals surface area (Å²) in [5.74, 6) is -2.39. The summed E-state index contributed by atoms with van der Waals surface area (Å²) in [4.78, 5) is 10.1. The van der Waals surface area contributed by atoms with Gasteiger partial charge in [0.15, 0.2) is 17.3 Å². The number of hydrogen-bond donors (Lipinski definition) is 2. The maximum Gasteiger partial charge on any atom is 0.295 e. The molecule has 0 saturated carbocycles. The average Bonchev–Trinajstić information content (AvgIpc) is 2.37. The van der Waals surface area contributed by atoms with Crippen LogP contribution in [0.15, 0.2) is 12.1 Å². The molecule has 0 radical (unpaired) electrons. The Morgan fingerprint density at radius 2 is 2.05 bits per heavy atom. The molecule has 1 rings (SSSR count). The number of nitrogens with zero attached hydrogens (tertiary/aromatic N) is 1. The number of halogens is 2. The second kappa shape index (κ2) is 6.60. The maximum absolute atomic E-state index is 13.7. The van der Waals surface area contributed by atoms with Crippen LogP contribution in [-0.2, 0) is 0 Å². The highest BCUT2D eigenvalue weighted by atomic mass is 19.2. The van der Waals surface area contributed by atoms with Gasteiger partial charge in [-0.05, 0) is 24.3 Å². The van der Waals surface area contributed by atoms with Gasteiger partial charge in [0.25, 0.3) is 5.69 Å². The highest BCUT2D eigenvalue weighted by molar-refractivity contribution is 5.62. The first-order valence-electron chi connectivity index (χ1n) is 6.25. The summed E-state index contributed by atoms with van der Waals surface area (Å²) in [6, 6.07) is 1.66. The van der Waals surface area contributed by atoms with E-state index in [0.717, 1.165) is 12.1 Å². The van der Waals surface area contributed by atoms with Crippen molar-refractivity contribution in [1.82, 2.24) is 0 Å². The lowest BCUT2D eigenvalue weighted by Crippen LogP contribution is -2.24. The van der Waals surface area contributed by atoms with Crippen LogP contribution in [0.3, 0.4) is 0 Å². The van der Waals surface area contributed by atoms with Gasteiger partial charge in [-0.2, -0.15) is 0 Å². The van der Waals surface area contributed by atoms with Crippen molar-refractivity contribution in [3.05, 3.63) is 33.9 Å². The molecule has 0 fully saturated rings. The number of nitro benzene ring substituents is 1. The van der Waals surface area contributed by atoms with Crippen LogP contribution in [0, 0.1) is 27.2 Å². The number of aliphatic hydroxyl groups is 1. The first kappa shape index (κ1) is 16.3. The topological polar surface area (TPSA) is 75.4 Å². The van der Waals surface area contributed by atoms with Gasteiger partial charge in [-0.3, -0.25) is 10.1 Å². The summed E-state index contributed by atoms with van der Waals surface area (Å²) < 4.78 is 26.8. The number of hydrogen-bond acceptors (Lipinski definition) is 4. The van der Waals surface area contributed by atoms with E-state index in [0.29, 0.717) is 12.8 Å². The third-order valence-corrected chi connectivity index (χ3v) is 3.02. The second-order valence-electron chi connectivity index (χ2n) is 5.36. The molecule has 7 heteroatoms. The SMILES string of the molecule is CC(C)(CCCO)CNc1c([N+](=O)[O-])ccc(F)c1F. The first-order valence-corrected chi connectivity index (χ1v) is 6.25. The number of aliphatic hydroxyl groups excluding tert-OH is 1. The zero-order valence-electron chi connectivity index (χ0n) is 11.4. The standard InChI is InChI=1S/C13H18F2N2O3/c1-13(2,6-3-7-18)8-16-12-10(17(19)20)5-4-9(14)11(12)15/h4-5,16,18H,3,6-8H2,1-2H3. The van der Waals surface area contributed by atoms with E-state index in [1.165, 1.54) is 0 Å². The monoisotopic (exact) mass is 288 g/mol. The van der Waals surface area contributed by atoms with Gasteiger partial charge in [0.05, 0.1) is 4.92 Å². The third kappa shape index (κ3) is 4.12. The minimum absolute atomic E-state index is 0.0396. The van der Waals surface area contributed by atoms with Gasteiger partial charge < -0.3 is 10.4 Å². The molecular formula is C13H18F2N2O3. The summed E-state index contributed by atoms with van der Waals surface area (Å²) in [6.07, 6.45) is 1.23. The van der Waals surface area contributed by atoms with Gasteiger partial charge in [-0.15, -0.1) is 0 Å². The average molecular weight is 288 g/mol. The van der Waals surface area contributed by atoms with Crippen LogP contribution in [-0.4, -0.2) is 23.2 Å². The highest BCUT2D eigenvalue weighted by Crippen LogP contribution is 2.31. The quantitative estimate of drug-likeness (QED) is 0.597. The fraction of sp³-hybridized carbons (Fsp3) is 0.538. The fourth-order valence-electron chi connectivity index (χ4n) is 1.83. The van der Waals surface area contributed by atoms with E-state index in [4.69, 9.17) is 5.11 Å². The van der Waals surface area contributed by atoms with Crippen LogP contribution in [0.25, 0.3) is 0 Å². The number of benzene rings is 1. The van der Waals surface area contributed by atoms with Crippen molar-refractivity contribution in [1.29, 1.82) is 0 Å². The molecule has 0 saturated heterocycles. The molecule has 0 aliphatic rings. The third-order valence-electron chi connectivity index (χ3n) is 3.02. The number of anilines is 1. The Bertz CT molecular complexity index is 493. The van der Waals surface area contributed by atoms with Crippen LogP contribution >= 0.6 is 0 Å². The lowest BCUT2D eigenvalue weighted by atomic mass is 9.88. The molecule has 5 nitrogen and oxygen atoms in total. The zero-order chi connectivity index (χ0) is 15.3. The summed E-state index contributed by atoms with van der Waals surface area (Å²) in [6.45, 7) is 4.02. The van der Waals surface area contributed by atoms with Crippen molar-refractivity contribution in [3.63, 3.8) is 0 Å². The smallest absolute Gasteiger partial charge is 0.295 e. The van der Waals surface area contributed by atoms with E-state index in [1.54, 1.807) is 0 Å². The predicted octanol–water partition coefficient (Wildman–Crippen LogP) is 3.08. The Morgan fingerprint density at radius 1 is 1.40 bits per heavy atom. The van der Waals surface area contributed by atoms with E-state index in [9.17, 15) is 18.9 Å². The Kier molecular flexibility index (Phi) is 5.38. The molecule has 112 valence electrons. The van der Waals surface area contributed by atoms with Gasteiger partial charge >= 0.3 is 0 Å². The number of nitro groups is 1. The molecule has 1 aromatic carbocycles. The molecule has 0 amide bonds. The molecule has 2 N–H and O–H groups in total. The van der Waals surface area contributed by atoms with Crippen LogP contribution in [0.2, 0.25) is 0 Å². The molecule has 1 aromatic rings. The Morgan fingerprint density at radius 3 is 2.60 bits per heavy atom. The molecule has 0 spiro atoms. The summed E-state index contributed by atoms with van der Waals surface area (Å²) >= 11 is 0. The van der Waals surface area contributed by atoms with Crippen molar-refractivity contribution >= 4 is 11.4 Å². The number of nitrogens with one attached hydrogen (secondary N) is 1. The Balaban J connectivity index is 2.91. The Hall–Kier alpha value is -1.76. The normalized spacial score (nSPS) is 11.4. The van der Waals surface area contributed by atoms with Crippen molar-refractivity contribution in [2.24, 2.45) is 5.41 Å². The number of rotatable bonds is 7. The minimum Gasteiger partial charge on any atom is -0.396 e. The largest absolute Gasteiger partial charge is 0.396 e. The molecule has 20 heavy (non-hydrogen) atoms. The van der Waals surface area contributed by atoms with E-state index < -0.39 is 27.9 Å². The zero-order valence-corrected chi connectivity index (χ0v) is 11.4. The van der Waals surface area contributed by atoms with Gasteiger partial charge in [0, 0.05) is 19.2 Å². The Labute approximate surface area is 115 Å². The molecule has 0 aliphatic carbocycles. The van der Waals surface area contributed by atoms with E-state index in [-0.39, 0.29) is 18.6 Å². The highest BCUT2D eigenvalue weighted by Gasteiger charge is 2.24. The van der Waals surface area contributed by atoms with Crippen LogP contribution < -0.4 is 5.32 Å². The van der Waals surface area contributed by atoms with E-state index >= 15 is 0 Å². The van der Waals surface area contributed by atoms with Crippen molar-refractivity contribution in [2.45, 2.75) is 26.7 Å². The summed E-state index contributed by atoms with van der Waals surface area (Å²) in [7, 11) is 0. The van der Waals surface area contributed by atoms with Crippen LogP contribution in [0.5, 0.6) is 0 Å². The molecule has 0 heterocycles. The summed E-state index contributed by atoms with van der Waals surface area (Å²) in [5.41, 5.74) is -1.25. The first-order chi connectivity index (χ1) is 9.28. The predicted molar refractivity (Wildman–Crippen MR) is 71.6 cm³/mol. The van der Waals surface area contributed by atoms with Gasteiger partial charge in [0.2, 0.25) is 0 Å². The van der Waals surface area contributed by atoms with Crippen molar-refractivity contribution < 1.29 is 18.8 Å². The van der Waals surface area contributed by atoms with E-state index in [1.807, 2.05) is 13.8 Å². The maximum atomic E-state index is 13.7. The van der Waals surface area contributed by atoms with Gasteiger partial charge in [-0.25, -0.2) is 8.78 Å². The van der Waals surface area contributed by atoms with Crippen molar-refractivity contribution in [3.8, 4) is 0 Å². The molecular weight excluding hydrogens is 270 g/mol. The van der Waals surface area contributed by atoms with Gasteiger partial charge in [-0.1, -0.05) is 13.8 Å². The molecule has 0 unspecified atom stereocenters. The lowest BCUT2D eigenvalue weighted by molar-refractivity contribution is -0.384. The molecule has 0 bridgehead atoms. The second-order valence-corrected chi connectivity index (χ2v) is 5.36. The van der Waals surface area contributed by atoms with Crippen LogP contribution in [0.4, 0.5) is 20.2 Å². The minimum atomic E-state index is -1.25. The molecule has 0 atom stereocenters. The summed E-state index contributed by atoms with van der Waals surface area (Å²) in [5, 5.41) is 22.2. The van der Waals surface area contributed by atoms with Gasteiger partial charge in [0.1, 0.15) is 0 Å². The van der Waals surface area contributed by atoms with Crippen LogP contribution in [0.1, 0.15) is 26.7 Å². The molecule has 0 aliphatic heterocycles. The molecule has 0 aromatic heterocycles. The lowest BCUT2D eigenvalue weighted by Gasteiger charge is -2.25. The van der Waals surface area contributed by atoms with E-state index in [2.05, 4.69) is 5.32 Å². The van der Waals surface area contributed by atoms with Crippen molar-refractivity contribution in [2.75, 3.05) is 18.5 Å².